The summed E-state index contributed by atoms with van der Waals surface area (Å²) in [6, 6.07) is 4.09. The van der Waals surface area contributed by atoms with Gasteiger partial charge in [0.2, 0.25) is 6.79 Å². The predicted molar refractivity (Wildman–Crippen MR) is 80.7 cm³/mol. The molecule has 0 N–H and O–H groups in total. The Morgan fingerprint density at radius 2 is 2.05 bits per heavy atom. The van der Waals surface area contributed by atoms with Crippen LogP contribution in [0.5, 0.6) is 17.2 Å². The van der Waals surface area contributed by atoms with Crippen LogP contribution >= 0.6 is 15.9 Å². The second kappa shape index (κ2) is 5.47. The molecule has 114 valence electrons. The topological polar surface area (TPSA) is 64.0 Å². The molecule has 1 aromatic rings. The number of ether oxygens (including phenoxy) is 4. The van der Waals surface area contributed by atoms with E-state index in [0.717, 1.165) is 23.1 Å². The summed E-state index contributed by atoms with van der Waals surface area (Å²) in [7, 11) is 0. The number of rotatable bonds is 1. The van der Waals surface area contributed by atoms with Gasteiger partial charge >= 0.3 is 0 Å². The fraction of sp³-hybridized carbons (Fsp3) is 0.400. The lowest BCUT2D eigenvalue weighted by molar-refractivity contribution is -0.0292. The fourth-order valence-corrected chi connectivity index (χ4v) is 3.45. The van der Waals surface area contributed by atoms with Crippen LogP contribution in [0.4, 0.5) is 0 Å². The molecule has 1 aromatic carbocycles. The number of nitrogens with zero attached hydrogens (tertiary/aromatic N) is 2. The van der Waals surface area contributed by atoms with Gasteiger partial charge in [0.05, 0.1) is 18.8 Å². The molecule has 0 spiro atoms. The second-order valence-corrected chi connectivity index (χ2v) is 5.97. The zero-order chi connectivity index (χ0) is 15.1. The van der Waals surface area contributed by atoms with E-state index in [1.807, 2.05) is 12.1 Å². The Balaban J connectivity index is 1.75. The molecule has 0 aromatic heterocycles. The third-order valence-corrected chi connectivity index (χ3v) is 4.62. The first kappa shape index (κ1) is 13.9. The number of halogens is 1. The van der Waals surface area contributed by atoms with Gasteiger partial charge in [-0.15, -0.1) is 0 Å². The standard InChI is InChI=1S/C15H13BrN2O4/c16-12-13-9(6-11-14(12)21-8-20-11)5-10(7-17)15(22-13)18-1-3-19-4-2-18/h5-6,15H,1-4,8H2. The number of fused-ring (bicyclic) bond motifs is 2. The third kappa shape index (κ3) is 2.15. The van der Waals surface area contributed by atoms with E-state index in [2.05, 4.69) is 26.9 Å². The highest BCUT2D eigenvalue weighted by atomic mass is 79.9. The summed E-state index contributed by atoms with van der Waals surface area (Å²) in [5.74, 6) is 1.99. The van der Waals surface area contributed by atoms with Gasteiger partial charge in [-0.25, -0.2) is 0 Å². The Morgan fingerprint density at radius 1 is 1.23 bits per heavy atom. The van der Waals surface area contributed by atoms with Crippen molar-refractivity contribution in [1.29, 1.82) is 5.26 Å². The summed E-state index contributed by atoms with van der Waals surface area (Å²) >= 11 is 3.53. The quantitative estimate of drug-likeness (QED) is 0.760. The minimum absolute atomic E-state index is 0.193. The molecule has 3 heterocycles. The summed E-state index contributed by atoms with van der Waals surface area (Å²) in [6.07, 6.45) is 1.46. The molecule has 22 heavy (non-hydrogen) atoms. The van der Waals surface area contributed by atoms with Gasteiger partial charge in [0.1, 0.15) is 16.3 Å². The maximum atomic E-state index is 9.46. The molecule has 1 atom stereocenters. The van der Waals surface area contributed by atoms with Crippen LogP contribution in [0.1, 0.15) is 5.56 Å². The van der Waals surface area contributed by atoms with Gasteiger partial charge in [-0.3, -0.25) is 4.90 Å². The van der Waals surface area contributed by atoms with Crippen molar-refractivity contribution in [3.05, 3.63) is 21.7 Å². The highest BCUT2D eigenvalue weighted by Crippen LogP contribution is 2.49. The van der Waals surface area contributed by atoms with Crippen LogP contribution in [-0.4, -0.2) is 44.2 Å². The smallest absolute Gasteiger partial charge is 0.231 e. The van der Waals surface area contributed by atoms with Crippen LogP contribution in [0, 0.1) is 11.3 Å². The lowest BCUT2D eigenvalue weighted by atomic mass is 10.0. The zero-order valence-electron chi connectivity index (χ0n) is 11.7. The molecule has 1 fully saturated rings. The molecule has 0 bridgehead atoms. The summed E-state index contributed by atoms with van der Waals surface area (Å²) < 4.78 is 23.1. The molecular weight excluding hydrogens is 352 g/mol. The number of hydrogen-bond donors (Lipinski definition) is 0. The molecule has 7 heteroatoms. The Morgan fingerprint density at radius 3 is 2.82 bits per heavy atom. The largest absolute Gasteiger partial charge is 0.468 e. The minimum Gasteiger partial charge on any atom is -0.468 e. The lowest BCUT2D eigenvalue weighted by Gasteiger charge is -2.36. The van der Waals surface area contributed by atoms with Crippen molar-refractivity contribution in [3.63, 3.8) is 0 Å². The molecule has 3 aliphatic rings. The second-order valence-electron chi connectivity index (χ2n) is 5.17. The van der Waals surface area contributed by atoms with Crippen LogP contribution in [0.15, 0.2) is 16.1 Å². The minimum atomic E-state index is -0.391. The van der Waals surface area contributed by atoms with Crippen molar-refractivity contribution in [2.24, 2.45) is 0 Å². The van der Waals surface area contributed by atoms with Crippen molar-refractivity contribution in [3.8, 4) is 23.3 Å². The maximum Gasteiger partial charge on any atom is 0.231 e. The first-order chi connectivity index (χ1) is 10.8. The predicted octanol–water partition coefficient (Wildman–Crippen LogP) is 2.14. The average molecular weight is 365 g/mol. The Labute approximate surface area is 135 Å². The number of hydrogen-bond acceptors (Lipinski definition) is 6. The normalized spacial score (nSPS) is 23.3. The number of nitriles is 1. The molecule has 1 saturated heterocycles. The van der Waals surface area contributed by atoms with E-state index in [0.29, 0.717) is 36.0 Å². The molecule has 0 radical (unpaired) electrons. The molecule has 1 unspecified atom stereocenters. The van der Waals surface area contributed by atoms with Gasteiger partial charge in [0.25, 0.3) is 0 Å². The molecule has 0 saturated carbocycles. The SMILES string of the molecule is N#CC1=Cc2cc3c(c(Br)c2OC1N1CCOCC1)OCO3. The van der Waals surface area contributed by atoms with Gasteiger partial charge in [0, 0.05) is 18.7 Å². The van der Waals surface area contributed by atoms with Gasteiger partial charge in [-0.05, 0) is 28.1 Å². The molecular formula is C15H13BrN2O4. The van der Waals surface area contributed by atoms with E-state index in [9.17, 15) is 5.26 Å². The summed E-state index contributed by atoms with van der Waals surface area (Å²) in [6.45, 7) is 2.96. The highest BCUT2D eigenvalue weighted by Gasteiger charge is 2.33. The molecule has 0 aliphatic carbocycles. The van der Waals surface area contributed by atoms with Crippen molar-refractivity contribution in [1.82, 2.24) is 4.90 Å². The summed E-state index contributed by atoms with van der Waals surface area (Å²) in [5, 5.41) is 9.46. The summed E-state index contributed by atoms with van der Waals surface area (Å²) in [4.78, 5) is 2.11. The number of benzene rings is 1. The summed E-state index contributed by atoms with van der Waals surface area (Å²) in [5.41, 5.74) is 1.40. The van der Waals surface area contributed by atoms with Crippen LogP contribution in [0.2, 0.25) is 0 Å². The average Bonchev–Trinajstić information content (AvgIpc) is 3.03. The van der Waals surface area contributed by atoms with Crippen molar-refractivity contribution in [2.45, 2.75) is 6.23 Å². The van der Waals surface area contributed by atoms with Crippen molar-refractivity contribution in [2.75, 3.05) is 33.1 Å². The van der Waals surface area contributed by atoms with E-state index in [4.69, 9.17) is 18.9 Å². The van der Waals surface area contributed by atoms with Crippen LogP contribution in [-0.2, 0) is 4.74 Å². The maximum absolute atomic E-state index is 9.46. The first-order valence-electron chi connectivity index (χ1n) is 7.00. The van der Waals surface area contributed by atoms with E-state index in [1.165, 1.54) is 0 Å². The van der Waals surface area contributed by atoms with E-state index < -0.39 is 6.23 Å². The van der Waals surface area contributed by atoms with Gasteiger partial charge < -0.3 is 18.9 Å². The highest BCUT2D eigenvalue weighted by molar-refractivity contribution is 9.10. The fourth-order valence-electron chi connectivity index (χ4n) is 2.82. The monoisotopic (exact) mass is 364 g/mol. The van der Waals surface area contributed by atoms with Crippen LogP contribution in [0.3, 0.4) is 0 Å². The van der Waals surface area contributed by atoms with Gasteiger partial charge in [-0.1, -0.05) is 0 Å². The van der Waals surface area contributed by atoms with E-state index in [1.54, 1.807) is 0 Å². The van der Waals surface area contributed by atoms with Crippen molar-refractivity contribution < 1.29 is 18.9 Å². The molecule has 0 amide bonds. The van der Waals surface area contributed by atoms with Crippen LogP contribution in [0.25, 0.3) is 6.08 Å². The third-order valence-electron chi connectivity index (χ3n) is 3.90. The Bertz CT molecular complexity index is 692. The zero-order valence-corrected chi connectivity index (χ0v) is 13.3. The first-order valence-corrected chi connectivity index (χ1v) is 7.79. The van der Waals surface area contributed by atoms with E-state index in [-0.39, 0.29) is 6.79 Å². The molecule has 6 nitrogen and oxygen atoms in total. The number of morpholine rings is 1. The van der Waals surface area contributed by atoms with Gasteiger partial charge in [0.15, 0.2) is 17.7 Å². The Kier molecular flexibility index (Phi) is 3.45. The lowest BCUT2D eigenvalue weighted by Crippen LogP contribution is -2.47. The van der Waals surface area contributed by atoms with Crippen LogP contribution < -0.4 is 14.2 Å². The Hall–Kier alpha value is -1.75. The molecule has 3 aliphatic heterocycles. The molecule has 4 rings (SSSR count). The van der Waals surface area contributed by atoms with E-state index >= 15 is 0 Å². The van der Waals surface area contributed by atoms with Gasteiger partial charge in [-0.2, -0.15) is 5.26 Å². The van der Waals surface area contributed by atoms with Crippen molar-refractivity contribution >= 4 is 22.0 Å².